The maximum Gasteiger partial charge on any atom is 0.121 e. The largest absolute Gasteiger partial charge is 0.494 e. The fourth-order valence-electron chi connectivity index (χ4n) is 1.81. The van der Waals surface area contributed by atoms with Gasteiger partial charge < -0.3 is 9.64 Å². The first kappa shape index (κ1) is 7.01. The topological polar surface area (TPSA) is 12.5 Å². The fraction of sp³-hybridized carbons (Fsp3) is 0.778. The normalized spacial score (nSPS) is 28.8. The number of ether oxygens (including phenoxy) is 1. The fourth-order valence-corrected chi connectivity index (χ4v) is 1.81. The Morgan fingerprint density at radius 2 is 2.27 bits per heavy atom. The summed E-state index contributed by atoms with van der Waals surface area (Å²) in [6.07, 6.45) is 3.49. The monoisotopic (exact) mass is 153 g/mol. The highest BCUT2D eigenvalue weighted by molar-refractivity contribution is 5.14. The molecule has 0 unspecified atom stereocenters. The van der Waals surface area contributed by atoms with Crippen LogP contribution in [-0.2, 0) is 4.74 Å². The molecule has 11 heavy (non-hydrogen) atoms. The third kappa shape index (κ3) is 1.01. The van der Waals surface area contributed by atoms with E-state index in [1.165, 1.54) is 5.70 Å². The molecule has 1 atom stereocenters. The van der Waals surface area contributed by atoms with E-state index in [9.17, 15) is 0 Å². The van der Waals surface area contributed by atoms with E-state index in [0.717, 1.165) is 13.0 Å². The third-order valence-electron chi connectivity index (χ3n) is 2.38. The van der Waals surface area contributed by atoms with E-state index in [1.807, 2.05) is 6.26 Å². The molecule has 2 nitrogen and oxygen atoms in total. The van der Waals surface area contributed by atoms with Crippen LogP contribution in [0, 0.1) is 0 Å². The zero-order chi connectivity index (χ0) is 8.06. The van der Waals surface area contributed by atoms with Gasteiger partial charge in [0.15, 0.2) is 0 Å². The molecule has 2 aliphatic heterocycles. The van der Waals surface area contributed by atoms with Gasteiger partial charge in [0.05, 0.1) is 12.2 Å². The minimum absolute atomic E-state index is 0.268. The van der Waals surface area contributed by atoms with Crippen LogP contribution in [0.4, 0.5) is 0 Å². The number of hydrogen-bond donors (Lipinski definition) is 0. The maximum atomic E-state index is 5.37. The summed E-state index contributed by atoms with van der Waals surface area (Å²) in [5.74, 6) is 0. The number of hydrogen-bond acceptors (Lipinski definition) is 2. The Labute approximate surface area is 67.8 Å². The second kappa shape index (κ2) is 1.93. The van der Waals surface area contributed by atoms with E-state index in [-0.39, 0.29) is 5.54 Å². The molecule has 0 amide bonds. The molecule has 0 N–H and O–H groups in total. The zero-order valence-electron chi connectivity index (χ0n) is 7.42. The lowest BCUT2D eigenvalue weighted by molar-refractivity contribution is 0.0992. The zero-order valence-corrected chi connectivity index (χ0v) is 7.42. The van der Waals surface area contributed by atoms with Crippen LogP contribution in [0.15, 0.2) is 12.0 Å². The van der Waals surface area contributed by atoms with Crippen LogP contribution in [0.25, 0.3) is 0 Å². The summed E-state index contributed by atoms with van der Waals surface area (Å²) < 4.78 is 5.37. The third-order valence-corrected chi connectivity index (χ3v) is 2.38. The number of nitrogens with zero attached hydrogens (tertiary/aromatic N) is 1. The Morgan fingerprint density at radius 3 is 2.55 bits per heavy atom. The molecule has 0 radical (unpaired) electrons. The average Bonchev–Trinajstić information content (AvgIpc) is 2.42. The Kier molecular flexibility index (Phi) is 1.23. The van der Waals surface area contributed by atoms with Gasteiger partial charge in [-0.3, -0.25) is 0 Å². The van der Waals surface area contributed by atoms with Crippen molar-refractivity contribution < 1.29 is 4.74 Å². The van der Waals surface area contributed by atoms with Gasteiger partial charge in [0.2, 0.25) is 0 Å². The molecule has 62 valence electrons. The highest BCUT2D eigenvalue weighted by atomic mass is 16.5. The van der Waals surface area contributed by atoms with Gasteiger partial charge in [0, 0.05) is 12.0 Å². The lowest BCUT2D eigenvalue weighted by atomic mass is 10.1. The van der Waals surface area contributed by atoms with Crippen LogP contribution in [0.3, 0.4) is 0 Å². The van der Waals surface area contributed by atoms with Gasteiger partial charge in [0.25, 0.3) is 0 Å². The van der Waals surface area contributed by atoms with Gasteiger partial charge >= 0.3 is 0 Å². The van der Waals surface area contributed by atoms with Crippen molar-refractivity contribution in [3.63, 3.8) is 0 Å². The maximum absolute atomic E-state index is 5.37. The van der Waals surface area contributed by atoms with Crippen LogP contribution in [-0.4, -0.2) is 23.1 Å². The van der Waals surface area contributed by atoms with Crippen molar-refractivity contribution in [2.75, 3.05) is 6.54 Å². The second-order valence-electron chi connectivity index (χ2n) is 4.35. The van der Waals surface area contributed by atoms with Crippen LogP contribution in [0.1, 0.15) is 27.2 Å². The van der Waals surface area contributed by atoms with E-state index in [0.29, 0.717) is 6.10 Å². The van der Waals surface area contributed by atoms with Gasteiger partial charge in [-0.05, 0) is 20.8 Å². The molecule has 0 spiro atoms. The Hall–Kier alpha value is -0.660. The first-order valence-electron chi connectivity index (χ1n) is 4.19. The molecule has 0 aliphatic carbocycles. The summed E-state index contributed by atoms with van der Waals surface area (Å²) in [5.41, 5.74) is 1.65. The van der Waals surface area contributed by atoms with Crippen molar-refractivity contribution in [3.05, 3.63) is 12.0 Å². The van der Waals surface area contributed by atoms with Gasteiger partial charge in [-0.15, -0.1) is 0 Å². The first-order valence-corrected chi connectivity index (χ1v) is 4.19. The van der Waals surface area contributed by atoms with Gasteiger partial charge in [-0.1, -0.05) is 0 Å². The van der Waals surface area contributed by atoms with Crippen molar-refractivity contribution in [1.82, 2.24) is 4.90 Å². The SMILES string of the molecule is CC(C)(C)N1C[C@@H]2CC1=CO2. The van der Waals surface area contributed by atoms with E-state index in [2.05, 4.69) is 25.7 Å². The van der Waals surface area contributed by atoms with Crippen molar-refractivity contribution in [2.24, 2.45) is 0 Å². The van der Waals surface area contributed by atoms with E-state index >= 15 is 0 Å². The molecule has 1 saturated heterocycles. The molecule has 0 saturated carbocycles. The number of likely N-dealkylation sites (tertiary alicyclic amines) is 1. The highest BCUT2D eigenvalue weighted by Crippen LogP contribution is 2.35. The standard InChI is InChI=1S/C9H15NO/c1-9(2,3)10-5-8-4-7(10)6-11-8/h6,8H,4-5H2,1-3H3/t8-/m0/s1. The predicted octanol–water partition coefficient (Wildman–Crippen LogP) is 1.73. The molecule has 0 aromatic heterocycles. The second-order valence-corrected chi connectivity index (χ2v) is 4.35. The highest BCUT2D eigenvalue weighted by Gasteiger charge is 2.37. The molecule has 0 aromatic rings. The molecule has 2 aliphatic rings. The van der Waals surface area contributed by atoms with Crippen molar-refractivity contribution >= 4 is 0 Å². The summed E-state index contributed by atoms with van der Waals surface area (Å²) in [6.45, 7) is 7.81. The van der Waals surface area contributed by atoms with Crippen LogP contribution >= 0.6 is 0 Å². The summed E-state index contributed by atoms with van der Waals surface area (Å²) >= 11 is 0. The van der Waals surface area contributed by atoms with E-state index in [1.54, 1.807) is 0 Å². The van der Waals surface area contributed by atoms with Gasteiger partial charge in [-0.2, -0.15) is 0 Å². The van der Waals surface area contributed by atoms with Crippen LogP contribution < -0.4 is 0 Å². The quantitative estimate of drug-likeness (QED) is 0.525. The summed E-state index contributed by atoms with van der Waals surface area (Å²) in [6, 6.07) is 0. The van der Waals surface area contributed by atoms with Gasteiger partial charge in [-0.25, -0.2) is 0 Å². The van der Waals surface area contributed by atoms with Crippen molar-refractivity contribution in [3.8, 4) is 0 Å². The Balaban J connectivity index is 2.19. The minimum atomic E-state index is 0.268. The van der Waals surface area contributed by atoms with Crippen LogP contribution in [0.2, 0.25) is 0 Å². The Morgan fingerprint density at radius 1 is 1.55 bits per heavy atom. The lowest BCUT2D eigenvalue weighted by Gasteiger charge is -2.36. The lowest BCUT2D eigenvalue weighted by Crippen LogP contribution is -2.40. The number of rotatable bonds is 0. The molecular formula is C9H15NO. The van der Waals surface area contributed by atoms with Crippen molar-refractivity contribution in [1.29, 1.82) is 0 Å². The summed E-state index contributed by atoms with van der Waals surface area (Å²) in [4.78, 5) is 2.43. The summed E-state index contributed by atoms with van der Waals surface area (Å²) in [5, 5.41) is 0. The summed E-state index contributed by atoms with van der Waals surface area (Å²) in [7, 11) is 0. The Bertz CT molecular complexity index is 202. The molecule has 1 fully saturated rings. The number of fused-ring (bicyclic) bond motifs is 2. The molecular weight excluding hydrogens is 138 g/mol. The first-order chi connectivity index (χ1) is 5.07. The van der Waals surface area contributed by atoms with E-state index < -0.39 is 0 Å². The molecule has 2 heteroatoms. The predicted molar refractivity (Wildman–Crippen MR) is 44.0 cm³/mol. The molecule has 0 aromatic carbocycles. The van der Waals surface area contributed by atoms with Gasteiger partial charge in [0.1, 0.15) is 12.4 Å². The average molecular weight is 153 g/mol. The smallest absolute Gasteiger partial charge is 0.121 e. The molecule has 2 heterocycles. The minimum Gasteiger partial charge on any atom is -0.494 e. The van der Waals surface area contributed by atoms with Crippen LogP contribution in [0.5, 0.6) is 0 Å². The van der Waals surface area contributed by atoms with E-state index in [4.69, 9.17) is 4.74 Å². The molecule has 2 bridgehead atoms. The molecule has 2 rings (SSSR count). The van der Waals surface area contributed by atoms with Crippen molar-refractivity contribution in [2.45, 2.75) is 38.8 Å².